The van der Waals surface area contributed by atoms with Gasteiger partial charge in [-0.1, -0.05) is 24.4 Å². The monoisotopic (exact) mass is 355 g/mol. The quantitative estimate of drug-likeness (QED) is 0.366. The van der Waals surface area contributed by atoms with Crippen molar-refractivity contribution >= 4 is 41.8 Å². The van der Waals surface area contributed by atoms with E-state index in [-0.39, 0.29) is 11.3 Å². The van der Waals surface area contributed by atoms with E-state index in [0.717, 1.165) is 0 Å². The van der Waals surface area contributed by atoms with Crippen LogP contribution in [0.4, 0.5) is 0 Å². The highest BCUT2D eigenvalue weighted by molar-refractivity contribution is 7.80. The maximum Gasteiger partial charge on any atom is 0.349 e. The number of esters is 2. The summed E-state index contributed by atoms with van der Waals surface area (Å²) < 4.78 is 10.6. The van der Waals surface area contributed by atoms with Gasteiger partial charge in [-0.3, -0.25) is 0 Å². The van der Waals surface area contributed by atoms with E-state index in [1.54, 1.807) is 31.2 Å². The van der Waals surface area contributed by atoms with Gasteiger partial charge in [0.1, 0.15) is 23.0 Å². The summed E-state index contributed by atoms with van der Waals surface area (Å²) >= 11 is 8.94. The molecule has 1 rings (SSSR count). The number of hydrogen-bond donors (Lipinski definition) is 2. The number of nitrogens with one attached hydrogen (secondary N) is 1. The molecule has 1 aromatic carbocycles. The zero-order valence-electron chi connectivity index (χ0n) is 13.6. The first-order valence-electron chi connectivity index (χ1n) is 7.06. The zero-order chi connectivity index (χ0) is 17.6. The number of para-hydroxylation sites is 1. The molecule has 0 spiro atoms. The Morgan fingerprint density at radius 1 is 1.30 bits per heavy atom. The van der Waals surface area contributed by atoms with Gasteiger partial charge in [-0.05, 0) is 39.8 Å². The molecule has 1 atom stereocenters. The van der Waals surface area contributed by atoms with Crippen molar-refractivity contribution in [1.82, 2.24) is 5.32 Å². The van der Waals surface area contributed by atoms with Gasteiger partial charge in [0.25, 0.3) is 0 Å². The molecule has 0 radical (unpaired) electrons. The van der Waals surface area contributed by atoms with E-state index in [2.05, 4.69) is 17.9 Å². The minimum absolute atomic E-state index is 0.153. The van der Waals surface area contributed by atoms with Crippen LogP contribution in [0, 0.1) is 0 Å². The first-order chi connectivity index (χ1) is 10.6. The fourth-order valence-corrected chi connectivity index (χ4v) is 2.08. The molecule has 1 unspecified atom stereocenters. The molecule has 0 fully saturated rings. The number of carbonyl (C=O) groups is 2. The van der Waals surface area contributed by atoms with E-state index in [0.29, 0.717) is 10.7 Å². The molecule has 0 bridgehead atoms. The molecule has 0 aliphatic heterocycles. The number of benzene rings is 1. The summed E-state index contributed by atoms with van der Waals surface area (Å²) in [5, 5.41) is 2.74. The molecule has 7 heteroatoms. The summed E-state index contributed by atoms with van der Waals surface area (Å²) in [5.41, 5.74) is -0.294. The summed E-state index contributed by atoms with van der Waals surface area (Å²) in [6.45, 7) is 7.23. The van der Waals surface area contributed by atoms with Crippen LogP contribution < -0.4 is 10.1 Å². The van der Waals surface area contributed by atoms with E-state index in [4.69, 9.17) is 21.7 Å². The molecule has 0 aromatic heterocycles. The third-order valence-electron chi connectivity index (χ3n) is 2.56. The average molecular weight is 355 g/mol. The third kappa shape index (κ3) is 6.58. The molecule has 5 nitrogen and oxygen atoms in total. The summed E-state index contributed by atoms with van der Waals surface area (Å²) in [6.07, 6.45) is 0. The average Bonchev–Trinajstić information content (AvgIpc) is 2.43. The second-order valence-corrected chi connectivity index (χ2v) is 6.83. The van der Waals surface area contributed by atoms with Gasteiger partial charge in [-0.15, -0.1) is 0 Å². The van der Waals surface area contributed by atoms with Gasteiger partial charge in [0.2, 0.25) is 0 Å². The Balaban J connectivity index is 2.90. The van der Waals surface area contributed by atoms with Crippen molar-refractivity contribution < 1.29 is 19.1 Å². The lowest BCUT2D eigenvalue weighted by Gasteiger charge is -2.22. The second kappa shape index (κ2) is 8.31. The molecular weight excluding hydrogens is 334 g/mol. The van der Waals surface area contributed by atoms with Crippen LogP contribution in [0.15, 0.2) is 24.3 Å². The van der Waals surface area contributed by atoms with Crippen molar-refractivity contribution in [3.05, 3.63) is 29.8 Å². The van der Waals surface area contributed by atoms with Gasteiger partial charge in [-0.2, -0.15) is 12.6 Å². The summed E-state index contributed by atoms with van der Waals surface area (Å²) in [4.78, 5) is 24.7. The second-order valence-electron chi connectivity index (χ2n) is 5.85. The van der Waals surface area contributed by atoms with E-state index < -0.39 is 23.6 Å². The third-order valence-corrected chi connectivity index (χ3v) is 3.04. The zero-order valence-corrected chi connectivity index (χ0v) is 15.3. The molecule has 0 heterocycles. The van der Waals surface area contributed by atoms with Crippen molar-refractivity contribution in [2.45, 2.75) is 39.3 Å². The lowest BCUT2D eigenvalue weighted by molar-refractivity contribution is -0.139. The fourth-order valence-electron chi connectivity index (χ4n) is 1.70. The number of thiocarbonyl (C=S) groups is 1. The predicted molar refractivity (Wildman–Crippen MR) is 96.3 cm³/mol. The van der Waals surface area contributed by atoms with Crippen LogP contribution in [0.5, 0.6) is 5.75 Å². The Labute approximate surface area is 147 Å². The van der Waals surface area contributed by atoms with Crippen LogP contribution in [0.25, 0.3) is 0 Å². The Hall–Kier alpha value is -1.60. The van der Waals surface area contributed by atoms with E-state index in [1.807, 2.05) is 20.8 Å². The van der Waals surface area contributed by atoms with Gasteiger partial charge in [0.05, 0.1) is 4.99 Å². The Kier molecular flexibility index (Phi) is 7.02. The molecule has 23 heavy (non-hydrogen) atoms. The van der Waals surface area contributed by atoms with Gasteiger partial charge < -0.3 is 14.8 Å². The maximum atomic E-state index is 12.3. The molecule has 0 saturated heterocycles. The van der Waals surface area contributed by atoms with E-state index in [1.165, 1.54) is 0 Å². The summed E-state index contributed by atoms with van der Waals surface area (Å²) in [7, 11) is 0. The highest BCUT2D eigenvalue weighted by Gasteiger charge is 2.25. The Morgan fingerprint density at radius 3 is 2.43 bits per heavy atom. The van der Waals surface area contributed by atoms with Crippen molar-refractivity contribution in [3.8, 4) is 5.75 Å². The van der Waals surface area contributed by atoms with Crippen LogP contribution >= 0.6 is 24.8 Å². The molecule has 0 aliphatic carbocycles. The lowest BCUT2D eigenvalue weighted by atomic mass is 10.1. The molecule has 126 valence electrons. The normalized spacial score (nSPS) is 12.2. The highest BCUT2D eigenvalue weighted by atomic mass is 32.1. The van der Waals surface area contributed by atoms with Crippen molar-refractivity contribution in [3.63, 3.8) is 0 Å². The van der Waals surface area contributed by atoms with E-state index in [9.17, 15) is 9.59 Å². The lowest BCUT2D eigenvalue weighted by Crippen LogP contribution is -2.42. The number of carbonyl (C=O) groups excluding carboxylic acids is 2. The first kappa shape index (κ1) is 19.4. The smallest absolute Gasteiger partial charge is 0.349 e. The van der Waals surface area contributed by atoms with Gasteiger partial charge >= 0.3 is 11.9 Å². The SMILES string of the molecule is CC(=S)NC(CS)C(=O)OC(=O)c1ccccc1OC(C)(C)C. The van der Waals surface area contributed by atoms with Crippen LogP contribution in [0.2, 0.25) is 0 Å². The predicted octanol–water partition coefficient (Wildman–Crippen LogP) is 2.78. The highest BCUT2D eigenvalue weighted by Crippen LogP contribution is 2.23. The Bertz CT molecular complexity index is 596. The first-order valence-corrected chi connectivity index (χ1v) is 8.10. The number of hydrogen-bond acceptors (Lipinski definition) is 6. The van der Waals surface area contributed by atoms with Crippen LogP contribution in [0.3, 0.4) is 0 Å². The van der Waals surface area contributed by atoms with E-state index >= 15 is 0 Å². The topological polar surface area (TPSA) is 64.6 Å². The molecular formula is C16H21NO4S2. The molecule has 1 N–H and O–H groups in total. The summed E-state index contributed by atoms with van der Waals surface area (Å²) in [6, 6.07) is 5.83. The standard InChI is InChI=1S/C16H21NO4S2/c1-10(23)17-12(9-22)15(19)20-14(18)11-7-5-6-8-13(11)21-16(2,3)4/h5-8,12,22H,9H2,1-4H3,(H,17,23). The number of thiol groups is 1. The van der Waals surface area contributed by atoms with Gasteiger partial charge in [0, 0.05) is 5.75 Å². The largest absolute Gasteiger partial charge is 0.487 e. The molecule has 1 aromatic rings. The molecule has 0 saturated carbocycles. The van der Waals surface area contributed by atoms with Crippen molar-refractivity contribution in [1.29, 1.82) is 0 Å². The Morgan fingerprint density at radius 2 is 1.91 bits per heavy atom. The minimum atomic E-state index is -0.782. The van der Waals surface area contributed by atoms with Gasteiger partial charge in [-0.25, -0.2) is 9.59 Å². The number of ether oxygens (including phenoxy) is 2. The van der Waals surface area contributed by atoms with Gasteiger partial charge in [0.15, 0.2) is 0 Å². The van der Waals surface area contributed by atoms with Crippen LogP contribution in [0.1, 0.15) is 38.1 Å². The van der Waals surface area contributed by atoms with Crippen LogP contribution in [-0.4, -0.2) is 34.3 Å². The van der Waals surface area contributed by atoms with Crippen molar-refractivity contribution in [2.24, 2.45) is 0 Å². The molecule has 0 amide bonds. The summed E-state index contributed by atoms with van der Waals surface area (Å²) in [5.74, 6) is -0.996. The fraction of sp³-hybridized carbons (Fsp3) is 0.438. The van der Waals surface area contributed by atoms with Crippen molar-refractivity contribution in [2.75, 3.05) is 5.75 Å². The molecule has 0 aliphatic rings. The minimum Gasteiger partial charge on any atom is -0.487 e. The number of rotatable bonds is 5. The van der Waals surface area contributed by atoms with Crippen LogP contribution in [-0.2, 0) is 9.53 Å². The maximum absolute atomic E-state index is 12.3.